The van der Waals surface area contributed by atoms with E-state index in [0.29, 0.717) is 19.3 Å². The van der Waals surface area contributed by atoms with Crippen LogP contribution in [0.5, 0.6) is 5.75 Å². The van der Waals surface area contributed by atoms with E-state index in [-0.39, 0.29) is 18.0 Å². The van der Waals surface area contributed by atoms with Crippen LogP contribution in [0.15, 0.2) is 24.3 Å². The lowest BCUT2D eigenvalue weighted by atomic mass is 9.70. The standard InChI is InChI=1S/C21H33NO4/c1-20(2,3)19(23)26-18-10-11-21(24,16(13-18)14-22(4)5)15-8-7-9-17(12-15)25-6/h7-9,12,16,18,24H,10-11,13-14H2,1-6H3. The average molecular weight is 363 g/mol. The van der Waals surface area contributed by atoms with Crippen LogP contribution in [0.1, 0.15) is 45.6 Å². The predicted octanol–water partition coefficient (Wildman–Crippen LogP) is 3.20. The number of hydrogen-bond acceptors (Lipinski definition) is 5. The first-order valence-electron chi connectivity index (χ1n) is 9.29. The van der Waals surface area contributed by atoms with Crippen LogP contribution >= 0.6 is 0 Å². The summed E-state index contributed by atoms with van der Waals surface area (Å²) in [4.78, 5) is 14.3. The molecule has 0 saturated heterocycles. The molecular formula is C21H33NO4. The zero-order chi connectivity index (χ0) is 19.5. The number of nitrogens with zero attached hydrogens (tertiary/aromatic N) is 1. The Bertz CT molecular complexity index is 623. The van der Waals surface area contributed by atoms with Crippen LogP contribution in [0.2, 0.25) is 0 Å². The molecule has 0 amide bonds. The molecule has 1 N–H and O–H groups in total. The summed E-state index contributed by atoms with van der Waals surface area (Å²) in [5, 5.41) is 11.6. The molecule has 3 atom stereocenters. The molecule has 1 aromatic rings. The van der Waals surface area contributed by atoms with Crippen LogP contribution in [-0.2, 0) is 15.1 Å². The highest BCUT2D eigenvalue weighted by Gasteiger charge is 2.45. The smallest absolute Gasteiger partial charge is 0.311 e. The fraction of sp³-hybridized carbons (Fsp3) is 0.667. The Hall–Kier alpha value is -1.59. The molecular weight excluding hydrogens is 330 g/mol. The van der Waals surface area contributed by atoms with Crippen molar-refractivity contribution in [3.63, 3.8) is 0 Å². The van der Waals surface area contributed by atoms with Crippen molar-refractivity contribution in [2.45, 2.75) is 51.7 Å². The van der Waals surface area contributed by atoms with E-state index < -0.39 is 11.0 Å². The zero-order valence-electron chi connectivity index (χ0n) is 16.9. The van der Waals surface area contributed by atoms with Gasteiger partial charge in [0.2, 0.25) is 0 Å². The second kappa shape index (κ2) is 7.97. The van der Waals surface area contributed by atoms with Crippen molar-refractivity contribution in [2.75, 3.05) is 27.7 Å². The van der Waals surface area contributed by atoms with Gasteiger partial charge in [-0.05, 0) is 71.8 Å². The molecule has 0 bridgehead atoms. The third-order valence-electron chi connectivity index (χ3n) is 5.11. The largest absolute Gasteiger partial charge is 0.497 e. The average Bonchev–Trinajstić information content (AvgIpc) is 2.56. The molecule has 1 aromatic carbocycles. The van der Waals surface area contributed by atoms with Gasteiger partial charge < -0.3 is 19.5 Å². The van der Waals surface area contributed by atoms with Crippen molar-refractivity contribution in [3.05, 3.63) is 29.8 Å². The maximum Gasteiger partial charge on any atom is 0.311 e. The summed E-state index contributed by atoms with van der Waals surface area (Å²) in [5.74, 6) is 0.523. The number of rotatable bonds is 5. The van der Waals surface area contributed by atoms with Crippen LogP contribution in [0.4, 0.5) is 0 Å². The van der Waals surface area contributed by atoms with E-state index in [1.807, 2.05) is 59.1 Å². The summed E-state index contributed by atoms with van der Waals surface area (Å²) < 4.78 is 11.1. The van der Waals surface area contributed by atoms with Crippen LogP contribution in [-0.4, -0.2) is 49.8 Å². The second-order valence-corrected chi connectivity index (χ2v) is 8.67. The van der Waals surface area contributed by atoms with E-state index in [0.717, 1.165) is 17.9 Å². The van der Waals surface area contributed by atoms with Gasteiger partial charge in [0.05, 0.1) is 18.1 Å². The quantitative estimate of drug-likeness (QED) is 0.814. The Labute approximate surface area is 157 Å². The molecule has 0 radical (unpaired) electrons. The summed E-state index contributed by atoms with van der Waals surface area (Å²) in [6.45, 7) is 6.31. The van der Waals surface area contributed by atoms with E-state index in [1.54, 1.807) is 7.11 Å². The number of carbonyl (C=O) groups is 1. The van der Waals surface area contributed by atoms with E-state index in [2.05, 4.69) is 4.90 Å². The number of methoxy groups -OCH3 is 1. The molecule has 146 valence electrons. The zero-order valence-corrected chi connectivity index (χ0v) is 16.9. The molecule has 1 aliphatic rings. The van der Waals surface area contributed by atoms with Crippen LogP contribution < -0.4 is 4.74 Å². The lowest BCUT2D eigenvalue weighted by molar-refractivity contribution is -0.167. The first kappa shape index (κ1) is 20.7. The fourth-order valence-corrected chi connectivity index (χ4v) is 3.59. The van der Waals surface area contributed by atoms with Crippen molar-refractivity contribution < 1.29 is 19.4 Å². The van der Waals surface area contributed by atoms with E-state index in [9.17, 15) is 9.90 Å². The molecule has 5 heteroatoms. The molecule has 1 fully saturated rings. The van der Waals surface area contributed by atoms with Crippen molar-refractivity contribution in [2.24, 2.45) is 11.3 Å². The highest BCUT2D eigenvalue weighted by molar-refractivity contribution is 5.75. The lowest BCUT2D eigenvalue weighted by Gasteiger charge is -2.44. The van der Waals surface area contributed by atoms with Gasteiger partial charge >= 0.3 is 5.97 Å². The molecule has 26 heavy (non-hydrogen) atoms. The Kier molecular flexibility index (Phi) is 6.35. The van der Waals surface area contributed by atoms with Crippen LogP contribution in [0.25, 0.3) is 0 Å². The third kappa shape index (κ3) is 4.77. The van der Waals surface area contributed by atoms with Gasteiger partial charge in [-0.3, -0.25) is 4.79 Å². The second-order valence-electron chi connectivity index (χ2n) is 8.67. The minimum Gasteiger partial charge on any atom is -0.497 e. The third-order valence-corrected chi connectivity index (χ3v) is 5.11. The molecule has 1 aliphatic carbocycles. The number of ether oxygens (including phenoxy) is 2. The van der Waals surface area contributed by atoms with Gasteiger partial charge in [0.25, 0.3) is 0 Å². The number of hydrogen-bond donors (Lipinski definition) is 1. The molecule has 0 heterocycles. The molecule has 5 nitrogen and oxygen atoms in total. The number of aliphatic hydroxyl groups is 1. The van der Waals surface area contributed by atoms with Crippen LogP contribution in [0.3, 0.4) is 0 Å². The maximum absolute atomic E-state index is 12.3. The van der Waals surface area contributed by atoms with Crippen molar-refractivity contribution in [1.82, 2.24) is 4.90 Å². The first-order chi connectivity index (χ1) is 12.1. The highest BCUT2D eigenvalue weighted by Crippen LogP contribution is 2.44. The Balaban J connectivity index is 2.23. The minimum atomic E-state index is -0.955. The molecule has 0 aliphatic heterocycles. The number of esters is 1. The Morgan fingerprint density at radius 3 is 2.62 bits per heavy atom. The predicted molar refractivity (Wildman–Crippen MR) is 102 cm³/mol. The van der Waals surface area contributed by atoms with Crippen LogP contribution in [0, 0.1) is 11.3 Å². The minimum absolute atomic E-state index is 0.0314. The van der Waals surface area contributed by atoms with Gasteiger partial charge in [-0.15, -0.1) is 0 Å². The van der Waals surface area contributed by atoms with Gasteiger partial charge in [0.1, 0.15) is 11.9 Å². The van der Waals surface area contributed by atoms with E-state index >= 15 is 0 Å². The van der Waals surface area contributed by atoms with Gasteiger partial charge in [-0.2, -0.15) is 0 Å². The van der Waals surface area contributed by atoms with Gasteiger partial charge in [0.15, 0.2) is 0 Å². The summed E-state index contributed by atoms with van der Waals surface area (Å²) in [6, 6.07) is 7.64. The molecule has 3 unspecified atom stereocenters. The molecule has 2 rings (SSSR count). The van der Waals surface area contributed by atoms with Gasteiger partial charge in [-0.1, -0.05) is 12.1 Å². The van der Waals surface area contributed by atoms with Gasteiger partial charge in [-0.25, -0.2) is 0 Å². The SMILES string of the molecule is COc1cccc(C2(O)CCC(OC(=O)C(C)(C)C)CC2CN(C)C)c1. The van der Waals surface area contributed by atoms with E-state index in [1.165, 1.54) is 0 Å². The van der Waals surface area contributed by atoms with Crippen molar-refractivity contribution in [3.8, 4) is 5.75 Å². The Morgan fingerprint density at radius 2 is 2.04 bits per heavy atom. The van der Waals surface area contributed by atoms with Gasteiger partial charge in [0, 0.05) is 12.5 Å². The van der Waals surface area contributed by atoms with Crippen molar-refractivity contribution >= 4 is 5.97 Å². The number of benzene rings is 1. The molecule has 1 saturated carbocycles. The van der Waals surface area contributed by atoms with E-state index in [4.69, 9.17) is 9.47 Å². The highest BCUT2D eigenvalue weighted by atomic mass is 16.5. The van der Waals surface area contributed by atoms with Crippen molar-refractivity contribution in [1.29, 1.82) is 0 Å². The normalized spacial score (nSPS) is 26.6. The Morgan fingerprint density at radius 1 is 1.35 bits per heavy atom. The summed E-state index contributed by atoms with van der Waals surface area (Å²) in [7, 11) is 5.62. The maximum atomic E-state index is 12.3. The fourth-order valence-electron chi connectivity index (χ4n) is 3.59. The monoisotopic (exact) mass is 363 g/mol. The summed E-state index contributed by atoms with van der Waals surface area (Å²) >= 11 is 0. The summed E-state index contributed by atoms with van der Waals surface area (Å²) in [5.41, 5.74) is -0.606. The summed E-state index contributed by atoms with van der Waals surface area (Å²) in [6.07, 6.45) is 1.70. The topological polar surface area (TPSA) is 59.0 Å². The number of carbonyl (C=O) groups excluding carboxylic acids is 1. The first-order valence-corrected chi connectivity index (χ1v) is 9.29. The lowest BCUT2D eigenvalue weighted by Crippen LogP contribution is -2.47. The molecule has 0 aromatic heterocycles. The molecule has 0 spiro atoms.